The van der Waals surface area contributed by atoms with Gasteiger partial charge in [-0.2, -0.15) is 0 Å². The molecule has 3 rings (SSSR count). The van der Waals surface area contributed by atoms with Gasteiger partial charge in [0, 0.05) is 23.9 Å². The SMILES string of the molecule is O=C(Cc1ccccc1SSc1ccccn1)ON1C(=O)CCC1=O. The molecule has 0 bridgehead atoms. The molecular formula is C17H14N2O4S2. The first kappa shape index (κ1) is 17.5. The van der Waals surface area contributed by atoms with Crippen LogP contribution in [0.4, 0.5) is 0 Å². The first-order valence-electron chi connectivity index (χ1n) is 7.53. The molecule has 0 radical (unpaired) electrons. The fourth-order valence-corrected chi connectivity index (χ4v) is 4.27. The maximum Gasteiger partial charge on any atom is 0.337 e. The highest BCUT2D eigenvalue weighted by Crippen LogP contribution is 2.38. The number of nitrogens with zero attached hydrogens (tertiary/aromatic N) is 2. The van der Waals surface area contributed by atoms with Crippen LogP contribution in [0.2, 0.25) is 0 Å². The zero-order valence-corrected chi connectivity index (χ0v) is 14.7. The molecule has 1 fully saturated rings. The van der Waals surface area contributed by atoms with Crippen molar-refractivity contribution >= 4 is 39.4 Å². The smallest absolute Gasteiger partial charge is 0.330 e. The monoisotopic (exact) mass is 374 g/mol. The molecule has 2 aromatic rings. The van der Waals surface area contributed by atoms with Gasteiger partial charge in [0.15, 0.2) is 0 Å². The standard InChI is InChI=1S/C17H14N2O4S2/c20-15-8-9-16(21)19(15)23-17(22)11-12-5-1-2-6-13(12)24-25-14-7-3-4-10-18-14/h1-7,10H,8-9,11H2. The molecule has 0 saturated carbocycles. The highest BCUT2D eigenvalue weighted by molar-refractivity contribution is 8.76. The molecule has 25 heavy (non-hydrogen) atoms. The second kappa shape index (κ2) is 8.17. The third-order valence-electron chi connectivity index (χ3n) is 3.36. The van der Waals surface area contributed by atoms with Crippen molar-refractivity contribution in [2.45, 2.75) is 29.2 Å². The van der Waals surface area contributed by atoms with Crippen molar-refractivity contribution in [1.82, 2.24) is 10.0 Å². The average Bonchev–Trinajstić information content (AvgIpc) is 2.94. The highest BCUT2D eigenvalue weighted by atomic mass is 33.1. The van der Waals surface area contributed by atoms with E-state index in [1.807, 2.05) is 42.5 Å². The number of carbonyl (C=O) groups is 3. The van der Waals surface area contributed by atoms with Crippen molar-refractivity contribution < 1.29 is 19.2 Å². The van der Waals surface area contributed by atoms with Gasteiger partial charge in [-0.05, 0) is 34.6 Å². The van der Waals surface area contributed by atoms with Crippen molar-refractivity contribution in [3.05, 3.63) is 54.2 Å². The lowest BCUT2D eigenvalue weighted by molar-refractivity contribution is -0.197. The maximum atomic E-state index is 12.1. The lowest BCUT2D eigenvalue weighted by Crippen LogP contribution is -2.32. The van der Waals surface area contributed by atoms with Crippen LogP contribution in [-0.4, -0.2) is 27.8 Å². The number of pyridine rings is 1. The summed E-state index contributed by atoms with van der Waals surface area (Å²) in [4.78, 5) is 45.2. The van der Waals surface area contributed by atoms with Crippen LogP contribution in [0, 0.1) is 0 Å². The zero-order chi connectivity index (χ0) is 17.6. The van der Waals surface area contributed by atoms with Gasteiger partial charge in [-0.25, -0.2) is 9.78 Å². The van der Waals surface area contributed by atoms with Gasteiger partial charge in [0.2, 0.25) is 0 Å². The summed E-state index contributed by atoms with van der Waals surface area (Å²) in [6, 6.07) is 13.1. The normalized spacial score (nSPS) is 14.0. The van der Waals surface area contributed by atoms with Crippen molar-refractivity contribution in [2.24, 2.45) is 0 Å². The van der Waals surface area contributed by atoms with Crippen LogP contribution in [0.5, 0.6) is 0 Å². The summed E-state index contributed by atoms with van der Waals surface area (Å²) in [6.07, 6.45) is 1.86. The number of rotatable bonds is 6. The minimum absolute atomic E-state index is 0.0248. The molecule has 0 N–H and O–H groups in total. The summed E-state index contributed by atoms with van der Waals surface area (Å²) in [7, 11) is 2.97. The Labute approximate surface area is 152 Å². The first-order valence-corrected chi connectivity index (χ1v) is 9.68. The number of carbonyl (C=O) groups excluding carboxylic acids is 3. The zero-order valence-electron chi connectivity index (χ0n) is 13.1. The lowest BCUT2D eigenvalue weighted by atomic mass is 10.1. The van der Waals surface area contributed by atoms with Gasteiger partial charge in [-0.1, -0.05) is 35.1 Å². The molecule has 0 spiro atoms. The Kier molecular flexibility index (Phi) is 5.72. The number of imide groups is 1. The largest absolute Gasteiger partial charge is 0.337 e. The Morgan fingerprint density at radius 1 is 1.04 bits per heavy atom. The lowest BCUT2D eigenvalue weighted by Gasteiger charge is -2.13. The highest BCUT2D eigenvalue weighted by Gasteiger charge is 2.32. The van der Waals surface area contributed by atoms with Gasteiger partial charge in [-0.3, -0.25) is 9.59 Å². The van der Waals surface area contributed by atoms with E-state index in [1.165, 1.54) is 21.6 Å². The first-order chi connectivity index (χ1) is 12.1. The van der Waals surface area contributed by atoms with Gasteiger partial charge in [-0.15, -0.1) is 5.06 Å². The Morgan fingerprint density at radius 3 is 2.48 bits per heavy atom. The molecule has 2 heterocycles. The van der Waals surface area contributed by atoms with Gasteiger partial charge in [0.05, 0.1) is 6.42 Å². The van der Waals surface area contributed by atoms with Crippen LogP contribution in [0.15, 0.2) is 58.6 Å². The number of hydroxylamine groups is 2. The molecule has 1 aliphatic heterocycles. The van der Waals surface area contributed by atoms with E-state index in [2.05, 4.69) is 4.98 Å². The van der Waals surface area contributed by atoms with Crippen LogP contribution >= 0.6 is 21.6 Å². The summed E-state index contributed by atoms with van der Waals surface area (Å²) in [5, 5.41) is 1.43. The van der Waals surface area contributed by atoms with Crippen molar-refractivity contribution in [2.75, 3.05) is 0 Å². The molecule has 0 unspecified atom stereocenters. The van der Waals surface area contributed by atoms with Gasteiger partial charge >= 0.3 is 5.97 Å². The fraction of sp³-hybridized carbons (Fsp3) is 0.176. The van der Waals surface area contributed by atoms with Crippen LogP contribution in [-0.2, 0) is 25.6 Å². The molecule has 2 amide bonds. The van der Waals surface area contributed by atoms with Crippen LogP contribution in [0.1, 0.15) is 18.4 Å². The predicted octanol–water partition coefficient (Wildman–Crippen LogP) is 3.03. The fourth-order valence-electron chi connectivity index (χ4n) is 2.16. The van der Waals surface area contributed by atoms with E-state index in [4.69, 9.17) is 4.84 Å². The Morgan fingerprint density at radius 2 is 1.76 bits per heavy atom. The van der Waals surface area contributed by atoms with E-state index >= 15 is 0 Å². The summed E-state index contributed by atoms with van der Waals surface area (Å²) >= 11 is 0. The summed E-state index contributed by atoms with van der Waals surface area (Å²) in [5.74, 6) is -1.60. The number of aromatic nitrogens is 1. The molecule has 6 nitrogen and oxygen atoms in total. The van der Waals surface area contributed by atoms with Crippen molar-refractivity contribution in [3.8, 4) is 0 Å². The number of benzene rings is 1. The van der Waals surface area contributed by atoms with Gasteiger partial charge < -0.3 is 4.84 Å². The minimum Gasteiger partial charge on any atom is -0.330 e. The minimum atomic E-state index is -0.639. The van der Waals surface area contributed by atoms with Crippen molar-refractivity contribution in [1.29, 1.82) is 0 Å². The van der Waals surface area contributed by atoms with Crippen molar-refractivity contribution in [3.63, 3.8) is 0 Å². The molecule has 8 heteroatoms. The third kappa shape index (κ3) is 4.61. The Hall–Kier alpha value is -2.32. The molecule has 1 aromatic carbocycles. The average molecular weight is 374 g/mol. The number of hydrogen-bond acceptors (Lipinski definition) is 7. The Balaban J connectivity index is 1.63. The third-order valence-corrected chi connectivity index (χ3v) is 5.74. The molecule has 1 saturated heterocycles. The van der Waals surface area contributed by atoms with Crippen LogP contribution in [0.3, 0.4) is 0 Å². The number of amides is 2. The summed E-state index contributed by atoms with van der Waals surface area (Å²) < 4.78 is 0. The van der Waals surface area contributed by atoms with Crippen LogP contribution in [0.25, 0.3) is 0 Å². The topological polar surface area (TPSA) is 76.6 Å². The van der Waals surface area contributed by atoms with Gasteiger partial charge in [0.1, 0.15) is 5.03 Å². The van der Waals surface area contributed by atoms with E-state index in [0.29, 0.717) is 5.06 Å². The van der Waals surface area contributed by atoms with E-state index < -0.39 is 17.8 Å². The Bertz CT molecular complexity index is 782. The van der Waals surface area contributed by atoms with Gasteiger partial charge in [0.25, 0.3) is 11.8 Å². The van der Waals surface area contributed by atoms with E-state index in [1.54, 1.807) is 6.20 Å². The molecule has 128 valence electrons. The molecule has 0 aliphatic carbocycles. The molecule has 1 aromatic heterocycles. The summed E-state index contributed by atoms with van der Waals surface area (Å²) in [6.45, 7) is 0. The van der Waals surface area contributed by atoms with E-state index in [9.17, 15) is 14.4 Å². The second-order valence-corrected chi connectivity index (χ2v) is 7.36. The maximum absolute atomic E-state index is 12.1. The molecule has 1 aliphatic rings. The van der Waals surface area contributed by atoms with Crippen LogP contribution < -0.4 is 0 Å². The molecule has 0 atom stereocenters. The quantitative estimate of drug-likeness (QED) is 0.568. The summed E-state index contributed by atoms with van der Waals surface area (Å²) in [5.41, 5.74) is 0.764. The number of hydrogen-bond donors (Lipinski definition) is 0. The second-order valence-electron chi connectivity index (χ2n) is 5.16. The predicted molar refractivity (Wildman–Crippen MR) is 93.3 cm³/mol. The van der Waals surface area contributed by atoms with E-state index in [-0.39, 0.29) is 19.3 Å². The van der Waals surface area contributed by atoms with E-state index in [0.717, 1.165) is 15.5 Å². The molecular weight excluding hydrogens is 360 g/mol.